The number of nitrogens with one attached hydrogen (secondary N) is 1. The first-order valence-electron chi connectivity index (χ1n) is 15.1. The predicted octanol–water partition coefficient (Wildman–Crippen LogP) is 6.61. The Labute approximate surface area is 283 Å². The van der Waals surface area contributed by atoms with E-state index in [1.807, 2.05) is 13.8 Å². The van der Waals surface area contributed by atoms with Crippen molar-refractivity contribution >= 4 is 59.0 Å². The quantitative estimate of drug-likeness (QED) is 0.221. The van der Waals surface area contributed by atoms with Gasteiger partial charge >= 0.3 is 6.61 Å². The number of unbranched alkanes of at least 4 members (excludes halogenated alkanes) is 2. The van der Waals surface area contributed by atoms with Crippen LogP contribution in [0.1, 0.15) is 50.7 Å². The maximum Gasteiger partial charge on any atom is 0.387 e. The number of rotatable bonds is 12. The van der Waals surface area contributed by atoms with E-state index in [1.54, 1.807) is 60.7 Å². The van der Waals surface area contributed by atoms with Gasteiger partial charge in [-0.25, -0.2) is 25.4 Å². The Morgan fingerprint density at radius 3 is 1.65 bits per heavy atom. The number of sulfonamides is 2. The van der Waals surface area contributed by atoms with E-state index in [9.17, 15) is 35.2 Å². The number of halogens is 3. The van der Waals surface area contributed by atoms with Gasteiger partial charge in [0.15, 0.2) is 0 Å². The molecule has 0 saturated carbocycles. The van der Waals surface area contributed by atoms with Gasteiger partial charge in [0, 0.05) is 18.8 Å². The maximum absolute atomic E-state index is 13.1. The third kappa shape index (κ3) is 7.88. The zero-order valence-corrected chi connectivity index (χ0v) is 28.5. The number of hydrogen-bond donors (Lipinski definition) is 1. The third-order valence-electron chi connectivity index (χ3n) is 7.23. The molecule has 3 aromatic rings. The van der Waals surface area contributed by atoms with Crippen molar-refractivity contribution in [3.63, 3.8) is 0 Å². The third-order valence-corrected chi connectivity index (χ3v) is 11.5. The highest BCUT2D eigenvalue weighted by Crippen LogP contribution is 2.38. The molecule has 3 aromatic carbocycles. The standard InChI is InChI=1S/C20H20F2N2O4S.C13H14ClNO3S/c1-2-3-13-24-19(25)17(18(29(24,26)27)14-7-5-4-6-8-14)23-15-9-11-16(12-10-15)28-20(21)22;1-2-3-9-15-13(16)11(14)12(19(15,17)18)10-7-5-4-6-8-10/h4-12,20,23H,2-3,13H2,1H3;4-8H,2-3,9H2,1H3. The molecule has 0 atom stereocenters. The molecule has 0 aromatic heterocycles. The van der Waals surface area contributed by atoms with Gasteiger partial charge in [-0.05, 0) is 48.2 Å². The molecule has 15 heteroatoms. The second-order valence-electron chi connectivity index (χ2n) is 10.6. The lowest BCUT2D eigenvalue weighted by molar-refractivity contribution is -0.122. The molecule has 0 unspecified atom stereocenters. The van der Waals surface area contributed by atoms with Crippen molar-refractivity contribution in [3.8, 4) is 5.75 Å². The zero-order chi connectivity index (χ0) is 35.1. The van der Waals surface area contributed by atoms with E-state index in [0.717, 1.165) is 21.5 Å². The van der Waals surface area contributed by atoms with E-state index in [2.05, 4.69) is 10.1 Å². The number of anilines is 1. The molecule has 2 heterocycles. The Morgan fingerprint density at radius 1 is 0.708 bits per heavy atom. The molecular weight excluding hydrogens is 688 g/mol. The van der Waals surface area contributed by atoms with Crippen LogP contribution in [0.3, 0.4) is 0 Å². The Kier molecular flexibility index (Phi) is 12.0. The van der Waals surface area contributed by atoms with E-state index < -0.39 is 38.5 Å². The van der Waals surface area contributed by atoms with Crippen LogP contribution < -0.4 is 10.1 Å². The lowest BCUT2D eigenvalue weighted by Crippen LogP contribution is -2.33. The molecule has 0 bridgehead atoms. The molecule has 0 aliphatic carbocycles. The fourth-order valence-electron chi connectivity index (χ4n) is 4.88. The van der Waals surface area contributed by atoms with Crippen LogP contribution in [0, 0.1) is 0 Å². The van der Waals surface area contributed by atoms with Crippen molar-refractivity contribution in [2.24, 2.45) is 0 Å². The minimum absolute atomic E-state index is 0.0437. The molecule has 10 nitrogen and oxygen atoms in total. The number of nitrogens with zero attached hydrogens (tertiary/aromatic N) is 2. The van der Waals surface area contributed by atoms with Crippen molar-refractivity contribution in [2.75, 3.05) is 18.4 Å². The fourth-order valence-corrected chi connectivity index (χ4v) is 8.81. The molecule has 2 aliphatic rings. The number of amides is 2. The molecule has 0 saturated heterocycles. The summed E-state index contributed by atoms with van der Waals surface area (Å²) in [6.07, 6.45) is 2.70. The number of carbonyl (C=O) groups excluding carboxylic acids is 2. The molecule has 256 valence electrons. The van der Waals surface area contributed by atoms with E-state index >= 15 is 0 Å². The monoisotopic (exact) mass is 721 g/mol. The first kappa shape index (κ1) is 36.6. The van der Waals surface area contributed by atoms with Gasteiger partial charge in [0.2, 0.25) is 0 Å². The van der Waals surface area contributed by atoms with Crippen LogP contribution in [0.25, 0.3) is 9.81 Å². The maximum atomic E-state index is 13.1. The SMILES string of the molecule is CCCCN1C(=O)C(Cl)=C(c2ccccc2)S1(=O)=O.CCCCN1C(=O)C(Nc2ccc(OC(F)F)cc2)=C(c2ccccc2)S1(=O)=O. The number of carbonyl (C=O) groups is 2. The number of alkyl halides is 2. The molecular formula is C33H34ClF2N3O7S2. The van der Waals surface area contributed by atoms with Crippen molar-refractivity contribution in [1.82, 2.24) is 8.61 Å². The first-order valence-corrected chi connectivity index (χ1v) is 18.3. The van der Waals surface area contributed by atoms with Gasteiger partial charge in [0.05, 0.1) is 0 Å². The average Bonchev–Trinajstić information content (AvgIpc) is 3.35. The highest BCUT2D eigenvalue weighted by Gasteiger charge is 2.45. The van der Waals surface area contributed by atoms with Gasteiger partial charge in [-0.15, -0.1) is 0 Å². The molecule has 5 rings (SSSR count). The summed E-state index contributed by atoms with van der Waals surface area (Å²) in [5.74, 6) is -1.32. The average molecular weight is 722 g/mol. The van der Waals surface area contributed by atoms with E-state index in [0.29, 0.717) is 29.7 Å². The smallest absolute Gasteiger partial charge is 0.387 e. The lowest BCUT2D eigenvalue weighted by Gasteiger charge is -2.16. The van der Waals surface area contributed by atoms with Crippen molar-refractivity contribution < 1.29 is 39.9 Å². The minimum Gasteiger partial charge on any atom is -0.435 e. The lowest BCUT2D eigenvalue weighted by atomic mass is 10.1. The van der Waals surface area contributed by atoms with Crippen LogP contribution in [0.4, 0.5) is 14.5 Å². The number of hydrogen-bond acceptors (Lipinski definition) is 8. The summed E-state index contributed by atoms with van der Waals surface area (Å²) in [6.45, 7) is 1.14. The van der Waals surface area contributed by atoms with E-state index in [-0.39, 0.29) is 39.4 Å². The van der Waals surface area contributed by atoms with Gasteiger partial charge < -0.3 is 10.1 Å². The Balaban J connectivity index is 0.000000237. The van der Waals surface area contributed by atoms with E-state index in [1.165, 1.54) is 24.3 Å². The molecule has 2 aliphatic heterocycles. The summed E-state index contributed by atoms with van der Waals surface area (Å²) in [4.78, 5) is 24.7. The number of ether oxygens (including phenoxy) is 1. The summed E-state index contributed by atoms with van der Waals surface area (Å²) >= 11 is 5.93. The molecule has 0 fully saturated rings. The summed E-state index contributed by atoms with van der Waals surface area (Å²) in [5, 5.41) is 2.63. The van der Waals surface area contributed by atoms with Crippen molar-refractivity contribution in [1.29, 1.82) is 0 Å². The summed E-state index contributed by atoms with van der Waals surface area (Å²) in [5.41, 5.74) is 1.13. The topological polar surface area (TPSA) is 130 Å². The molecule has 2 amide bonds. The van der Waals surface area contributed by atoms with Crippen LogP contribution in [0.5, 0.6) is 5.75 Å². The Bertz CT molecular complexity index is 1910. The highest BCUT2D eigenvalue weighted by atomic mass is 35.5. The van der Waals surface area contributed by atoms with Crippen LogP contribution in [0.2, 0.25) is 0 Å². The zero-order valence-electron chi connectivity index (χ0n) is 26.1. The second kappa shape index (κ2) is 15.8. The molecule has 0 spiro atoms. The molecule has 0 radical (unpaired) electrons. The van der Waals surface area contributed by atoms with Gasteiger partial charge in [-0.1, -0.05) is 99.0 Å². The highest BCUT2D eigenvalue weighted by molar-refractivity contribution is 8.00. The van der Waals surface area contributed by atoms with E-state index in [4.69, 9.17) is 11.6 Å². The normalized spacial score (nSPS) is 16.8. The molecule has 48 heavy (non-hydrogen) atoms. The minimum atomic E-state index is -4.02. The van der Waals surface area contributed by atoms with Crippen molar-refractivity contribution in [2.45, 2.75) is 46.1 Å². The summed E-state index contributed by atoms with van der Waals surface area (Å²) in [7, 11) is -7.84. The number of benzene rings is 3. The molecule has 1 N–H and O–H groups in total. The van der Waals surface area contributed by atoms with Crippen LogP contribution in [-0.4, -0.2) is 57.0 Å². The van der Waals surface area contributed by atoms with Crippen molar-refractivity contribution in [3.05, 3.63) is 107 Å². The summed E-state index contributed by atoms with van der Waals surface area (Å²) < 4.78 is 81.6. The van der Waals surface area contributed by atoms with Crippen LogP contribution in [0.15, 0.2) is 95.7 Å². The van der Waals surface area contributed by atoms with Gasteiger partial charge in [0.25, 0.3) is 31.9 Å². The van der Waals surface area contributed by atoms with Gasteiger partial charge in [0.1, 0.15) is 26.3 Å². The summed E-state index contributed by atoms with van der Waals surface area (Å²) in [6, 6.07) is 22.3. The fraction of sp³-hybridized carbons (Fsp3) is 0.273. The van der Waals surface area contributed by atoms with Crippen LogP contribution >= 0.6 is 11.6 Å². The van der Waals surface area contributed by atoms with Gasteiger partial charge in [-0.3, -0.25) is 9.59 Å². The Morgan fingerprint density at radius 2 is 1.17 bits per heavy atom. The predicted molar refractivity (Wildman–Crippen MR) is 180 cm³/mol. The second-order valence-corrected chi connectivity index (χ2v) is 14.6. The largest absolute Gasteiger partial charge is 0.435 e. The van der Waals surface area contributed by atoms with Gasteiger partial charge in [-0.2, -0.15) is 8.78 Å². The Hall–Kier alpha value is -4.27. The van der Waals surface area contributed by atoms with Crippen LogP contribution in [-0.2, 0) is 29.6 Å². The first-order chi connectivity index (χ1) is 22.8.